The van der Waals surface area contributed by atoms with Crippen molar-refractivity contribution in [3.63, 3.8) is 0 Å². The van der Waals surface area contributed by atoms with Crippen molar-refractivity contribution in [3.05, 3.63) is 83.4 Å². The zero-order valence-corrected chi connectivity index (χ0v) is 21.5. The van der Waals surface area contributed by atoms with Crippen molar-refractivity contribution in [2.24, 2.45) is 0 Å². The summed E-state index contributed by atoms with van der Waals surface area (Å²) in [7, 11) is 0. The number of morpholine rings is 1. The van der Waals surface area contributed by atoms with Gasteiger partial charge in [0.2, 0.25) is 0 Å². The molecule has 0 radical (unpaired) electrons. The van der Waals surface area contributed by atoms with Gasteiger partial charge in [0.25, 0.3) is 5.91 Å². The Labute approximate surface area is 221 Å². The topological polar surface area (TPSA) is 113 Å². The summed E-state index contributed by atoms with van der Waals surface area (Å²) >= 11 is 0. The van der Waals surface area contributed by atoms with E-state index < -0.39 is 0 Å². The molecular formula is C28H33FN6O3. The first kappa shape index (κ1) is 27.0. The summed E-state index contributed by atoms with van der Waals surface area (Å²) in [5.74, 6) is -0.757. The number of anilines is 3. The molecule has 10 heteroatoms. The summed E-state index contributed by atoms with van der Waals surface area (Å²) in [6.07, 6.45) is 2.35. The number of pyridine rings is 1. The van der Waals surface area contributed by atoms with Crippen molar-refractivity contribution in [2.75, 3.05) is 55.8 Å². The smallest absolute Gasteiger partial charge is 0.322 e. The highest BCUT2D eigenvalue weighted by atomic mass is 19.1. The highest BCUT2D eigenvalue weighted by Crippen LogP contribution is 2.18. The minimum Gasteiger partial charge on any atom is -0.397 e. The molecular weight excluding hydrogens is 487 g/mol. The van der Waals surface area contributed by atoms with E-state index in [1.807, 2.05) is 0 Å². The number of carbonyl (C=O) groups is 2. The molecule has 4 rings (SSSR count). The van der Waals surface area contributed by atoms with Gasteiger partial charge in [0, 0.05) is 44.6 Å². The first-order chi connectivity index (χ1) is 18.4. The van der Waals surface area contributed by atoms with Crippen molar-refractivity contribution in [2.45, 2.75) is 19.9 Å². The van der Waals surface area contributed by atoms with Gasteiger partial charge in [-0.15, -0.1) is 0 Å². The summed E-state index contributed by atoms with van der Waals surface area (Å²) in [5, 5.41) is 5.55. The van der Waals surface area contributed by atoms with Gasteiger partial charge >= 0.3 is 6.03 Å². The number of ether oxygens (including phenoxy) is 1. The molecule has 0 atom stereocenters. The maximum atomic E-state index is 14.0. The lowest BCUT2D eigenvalue weighted by molar-refractivity contribution is 0.0365. The highest BCUT2D eigenvalue weighted by molar-refractivity contribution is 6.04. The van der Waals surface area contributed by atoms with Gasteiger partial charge in [0.1, 0.15) is 11.5 Å². The maximum absolute atomic E-state index is 14.0. The average molecular weight is 521 g/mol. The van der Waals surface area contributed by atoms with E-state index in [2.05, 4.69) is 20.5 Å². The molecule has 3 aromatic rings. The molecule has 1 fully saturated rings. The molecule has 38 heavy (non-hydrogen) atoms. The Kier molecular flexibility index (Phi) is 9.23. The molecule has 1 saturated heterocycles. The number of carbonyl (C=O) groups excluding carboxylic acids is 2. The molecule has 2 heterocycles. The average Bonchev–Trinajstić information content (AvgIpc) is 2.92. The van der Waals surface area contributed by atoms with Crippen LogP contribution < -0.4 is 16.4 Å². The number of aryl methyl sites for hydroxylation is 1. The van der Waals surface area contributed by atoms with Crippen LogP contribution in [0.5, 0.6) is 0 Å². The first-order valence-electron chi connectivity index (χ1n) is 12.6. The lowest BCUT2D eigenvalue weighted by Crippen LogP contribution is -2.40. The Bertz CT molecular complexity index is 1250. The van der Waals surface area contributed by atoms with Crippen LogP contribution in [0.25, 0.3) is 0 Å². The predicted octanol–water partition coefficient (Wildman–Crippen LogP) is 4.12. The number of urea groups is 1. The van der Waals surface area contributed by atoms with Gasteiger partial charge in [-0.1, -0.05) is 24.3 Å². The molecule has 9 nitrogen and oxygen atoms in total. The number of nitrogen functional groups attached to an aromatic ring is 1. The number of para-hydroxylation sites is 2. The number of nitrogens with two attached hydrogens (primary N) is 1. The van der Waals surface area contributed by atoms with Crippen LogP contribution in [0.2, 0.25) is 0 Å². The third kappa shape index (κ3) is 7.50. The fourth-order valence-electron chi connectivity index (χ4n) is 4.11. The molecule has 0 aliphatic carbocycles. The van der Waals surface area contributed by atoms with Crippen molar-refractivity contribution < 1.29 is 18.7 Å². The van der Waals surface area contributed by atoms with Crippen molar-refractivity contribution in [1.82, 2.24) is 14.8 Å². The summed E-state index contributed by atoms with van der Waals surface area (Å²) in [6, 6.07) is 14.7. The first-order valence-corrected chi connectivity index (χ1v) is 12.6. The van der Waals surface area contributed by atoms with Gasteiger partial charge in [-0.25, -0.2) is 9.18 Å². The standard InChI is InChI=1S/C28H33FN6O3/c1-20-7-9-22(17-23(20)29)32-28(37)35(12-4-11-34-13-15-38-16-14-34)19-21-8-10-26(31-18-21)27(36)33-25-6-3-2-5-24(25)30/h2-3,5-10,17-18H,4,11-16,19,30H2,1H3,(H,32,37)(H,33,36). The Morgan fingerprint density at radius 1 is 1.11 bits per heavy atom. The number of nitrogens with zero attached hydrogens (tertiary/aromatic N) is 3. The van der Waals surface area contributed by atoms with Crippen LogP contribution in [0.15, 0.2) is 60.8 Å². The number of aromatic nitrogens is 1. The van der Waals surface area contributed by atoms with Gasteiger partial charge < -0.3 is 26.0 Å². The fourth-order valence-corrected chi connectivity index (χ4v) is 4.11. The van der Waals surface area contributed by atoms with Gasteiger partial charge in [-0.05, 0) is 54.8 Å². The van der Waals surface area contributed by atoms with Gasteiger partial charge in [-0.2, -0.15) is 0 Å². The molecule has 1 aromatic heterocycles. The summed E-state index contributed by atoms with van der Waals surface area (Å²) < 4.78 is 19.4. The molecule has 2 aromatic carbocycles. The number of benzene rings is 2. The second-order valence-electron chi connectivity index (χ2n) is 9.22. The second kappa shape index (κ2) is 13.0. The quantitative estimate of drug-likeness (QED) is 0.366. The van der Waals surface area contributed by atoms with Crippen LogP contribution >= 0.6 is 0 Å². The van der Waals surface area contributed by atoms with Crippen molar-refractivity contribution in [1.29, 1.82) is 0 Å². The van der Waals surface area contributed by atoms with Crippen LogP contribution in [0.3, 0.4) is 0 Å². The molecule has 200 valence electrons. The summed E-state index contributed by atoms with van der Waals surface area (Å²) in [5.41, 5.74) is 8.77. The maximum Gasteiger partial charge on any atom is 0.322 e. The molecule has 3 amide bonds. The second-order valence-corrected chi connectivity index (χ2v) is 9.22. The van der Waals surface area contributed by atoms with E-state index in [-0.39, 0.29) is 30.0 Å². The number of rotatable bonds is 9. The third-order valence-corrected chi connectivity index (χ3v) is 6.36. The Hall–Kier alpha value is -4.02. The SMILES string of the molecule is Cc1ccc(NC(=O)N(CCCN2CCOCC2)Cc2ccc(C(=O)Nc3ccccc3N)nc2)cc1F. The van der Waals surface area contributed by atoms with Gasteiger partial charge in [0.05, 0.1) is 24.6 Å². The zero-order valence-electron chi connectivity index (χ0n) is 21.5. The molecule has 0 unspecified atom stereocenters. The van der Waals surface area contributed by atoms with E-state index >= 15 is 0 Å². The number of nitrogens with one attached hydrogen (secondary N) is 2. The van der Waals surface area contributed by atoms with Crippen molar-refractivity contribution >= 4 is 29.0 Å². The predicted molar refractivity (Wildman–Crippen MR) is 145 cm³/mol. The molecule has 0 bridgehead atoms. The lowest BCUT2D eigenvalue weighted by Gasteiger charge is -2.28. The van der Waals surface area contributed by atoms with Gasteiger partial charge in [-0.3, -0.25) is 14.7 Å². The van der Waals surface area contributed by atoms with E-state index in [1.54, 1.807) is 66.6 Å². The number of halogens is 1. The van der Waals surface area contributed by atoms with Crippen LogP contribution in [-0.4, -0.2) is 66.1 Å². The summed E-state index contributed by atoms with van der Waals surface area (Å²) in [6.45, 7) is 6.46. The monoisotopic (exact) mass is 520 g/mol. The van der Waals surface area contributed by atoms with Gasteiger partial charge in [0.15, 0.2) is 0 Å². The normalized spacial score (nSPS) is 13.6. The summed E-state index contributed by atoms with van der Waals surface area (Å²) in [4.78, 5) is 34.0. The largest absolute Gasteiger partial charge is 0.397 e. The Morgan fingerprint density at radius 3 is 2.61 bits per heavy atom. The number of amides is 3. The molecule has 0 saturated carbocycles. The van der Waals surface area contributed by atoms with Crippen LogP contribution in [0.4, 0.5) is 26.2 Å². The van der Waals surface area contributed by atoms with E-state index in [4.69, 9.17) is 10.5 Å². The van der Waals surface area contributed by atoms with Crippen LogP contribution in [-0.2, 0) is 11.3 Å². The van der Waals surface area contributed by atoms with Crippen LogP contribution in [0, 0.1) is 12.7 Å². The number of hydrogen-bond donors (Lipinski definition) is 3. The zero-order chi connectivity index (χ0) is 26.9. The van der Waals surface area contributed by atoms with E-state index in [0.29, 0.717) is 42.4 Å². The highest BCUT2D eigenvalue weighted by Gasteiger charge is 2.17. The fraction of sp³-hybridized carbons (Fsp3) is 0.321. The van der Waals surface area contributed by atoms with E-state index in [1.165, 1.54) is 6.07 Å². The lowest BCUT2D eigenvalue weighted by atomic mass is 10.2. The van der Waals surface area contributed by atoms with Crippen molar-refractivity contribution in [3.8, 4) is 0 Å². The molecule has 0 spiro atoms. The van der Waals surface area contributed by atoms with Crippen LogP contribution in [0.1, 0.15) is 28.0 Å². The Morgan fingerprint density at radius 2 is 1.89 bits per heavy atom. The Balaban J connectivity index is 1.41. The molecule has 4 N–H and O–H groups in total. The molecule has 1 aliphatic rings. The molecule has 1 aliphatic heterocycles. The minimum absolute atomic E-state index is 0.232. The third-order valence-electron chi connectivity index (χ3n) is 6.36. The van der Waals surface area contributed by atoms with E-state index in [9.17, 15) is 14.0 Å². The van der Waals surface area contributed by atoms with E-state index in [0.717, 1.165) is 31.6 Å². The number of hydrogen-bond acceptors (Lipinski definition) is 6. The minimum atomic E-state index is -0.379.